The van der Waals surface area contributed by atoms with Crippen LogP contribution in [0.5, 0.6) is 0 Å². The minimum Gasteiger partial charge on any atom is -0.239 e. The number of aromatic nitrogens is 4. The van der Waals surface area contributed by atoms with E-state index in [0.29, 0.717) is 0 Å². The molecule has 78 valence electrons. The number of hydrogen-bond acceptors (Lipinski definition) is 2. The zero-order valence-electron chi connectivity index (χ0n) is 8.56. The van der Waals surface area contributed by atoms with Gasteiger partial charge in [0.2, 0.25) is 0 Å². The second-order valence-corrected chi connectivity index (χ2v) is 3.43. The molecule has 0 fully saturated rings. The van der Waals surface area contributed by atoms with Crippen molar-refractivity contribution in [3.63, 3.8) is 0 Å². The van der Waals surface area contributed by atoms with Gasteiger partial charge in [0.25, 0.3) is 0 Å². The van der Waals surface area contributed by atoms with Gasteiger partial charge in [0.1, 0.15) is 5.69 Å². The van der Waals surface area contributed by atoms with Crippen LogP contribution in [0.4, 0.5) is 0 Å². The summed E-state index contributed by atoms with van der Waals surface area (Å²) in [4.78, 5) is 0. The highest BCUT2D eigenvalue weighted by Crippen LogP contribution is 2.09. The molecule has 1 aromatic carbocycles. The summed E-state index contributed by atoms with van der Waals surface area (Å²) in [5.74, 6) is 0. The highest BCUT2D eigenvalue weighted by Gasteiger charge is 2.01. The van der Waals surface area contributed by atoms with Crippen LogP contribution in [0.2, 0.25) is 0 Å². The van der Waals surface area contributed by atoms with E-state index in [1.807, 2.05) is 53.5 Å². The van der Waals surface area contributed by atoms with Gasteiger partial charge in [-0.15, -0.1) is 0 Å². The summed E-state index contributed by atoms with van der Waals surface area (Å²) in [6, 6.07) is 11.9. The van der Waals surface area contributed by atoms with E-state index in [1.165, 1.54) is 0 Å². The van der Waals surface area contributed by atoms with Crippen molar-refractivity contribution in [1.82, 2.24) is 19.6 Å². The van der Waals surface area contributed by atoms with Crippen LogP contribution in [0.1, 0.15) is 0 Å². The molecule has 0 saturated heterocycles. The molecule has 0 amide bonds. The Morgan fingerprint density at radius 1 is 0.812 bits per heavy atom. The van der Waals surface area contributed by atoms with Crippen LogP contribution in [-0.2, 0) is 0 Å². The molecule has 16 heavy (non-hydrogen) atoms. The van der Waals surface area contributed by atoms with E-state index in [0.717, 1.165) is 11.4 Å². The first-order valence-electron chi connectivity index (χ1n) is 5.03. The summed E-state index contributed by atoms with van der Waals surface area (Å²) in [5.41, 5.74) is 2.00. The van der Waals surface area contributed by atoms with Crippen LogP contribution in [0.25, 0.3) is 11.4 Å². The molecule has 4 heteroatoms. The minimum atomic E-state index is 0.953. The minimum absolute atomic E-state index is 0.953. The van der Waals surface area contributed by atoms with E-state index in [-0.39, 0.29) is 0 Å². The first-order valence-corrected chi connectivity index (χ1v) is 5.03. The molecule has 0 aliphatic heterocycles. The van der Waals surface area contributed by atoms with E-state index >= 15 is 0 Å². The first kappa shape index (κ1) is 8.91. The lowest BCUT2D eigenvalue weighted by Gasteiger charge is -1.99. The Labute approximate surface area is 92.8 Å². The van der Waals surface area contributed by atoms with Crippen LogP contribution >= 0.6 is 0 Å². The van der Waals surface area contributed by atoms with Crippen molar-refractivity contribution in [1.29, 1.82) is 0 Å². The van der Waals surface area contributed by atoms with Crippen LogP contribution in [0, 0.1) is 0 Å². The number of benzene rings is 1. The van der Waals surface area contributed by atoms with Gasteiger partial charge in [-0.2, -0.15) is 10.2 Å². The van der Waals surface area contributed by atoms with Gasteiger partial charge in [0.15, 0.2) is 0 Å². The lowest BCUT2D eigenvalue weighted by molar-refractivity contribution is 0.868. The Balaban J connectivity index is 2.00. The van der Waals surface area contributed by atoms with Crippen LogP contribution in [-0.4, -0.2) is 19.6 Å². The van der Waals surface area contributed by atoms with Gasteiger partial charge in [-0.1, -0.05) is 18.2 Å². The monoisotopic (exact) mass is 210 g/mol. The van der Waals surface area contributed by atoms with Crippen LogP contribution in [0.3, 0.4) is 0 Å². The molecular weight excluding hydrogens is 200 g/mol. The Bertz CT molecular complexity index is 566. The third-order valence-corrected chi connectivity index (χ3v) is 2.36. The van der Waals surface area contributed by atoms with Gasteiger partial charge in [0, 0.05) is 12.4 Å². The highest BCUT2D eigenvalue weighted by molar-refractivity contribution is 5.34. The second kappa shape index (κ2) is 3.66. The molecule has 0 atom stereocenters. The van der Waals surface area contributed by atoms with Gasteiger partial charge in [-0.25, -0.2) is 9.36 Å². The van der Waals surface area contributed by atoms with Crippen molar-refractivity contribution in [3.05, 3.63) is 61.2 Å². The second-order valence-electron chi connectivity index (χ2n) is 3.43. The van der Waals surface area contributed by atoms with Crippen LogP contribution in [0.15, 0.2) is 61.2 Å². The zero-order chi connectivity index (χ0) is 10.8. The van der Waals surface area contributed by atoms with Gasteiger partial charge in [-0.3, -0.25) is 0 Å². The fourth-order valence-electron chi connectivity index (χ4n) is 1.58. The summed E-state index contributed by atoms with van der Waals surface area (Å²) in [6.45, 7) is 0. The predicted molar refractivity (Wildman–Crippen MR) is 60.7 cm³/mol. The standard InChI is InChI=1S/C12H10N4/c1-2-5-11(6-3-1)16-10-12(9-14-16)15-8-4-7-13-15/h1-10H. The fraction of sp³-hybridized carbons (Fsp3) is 0. The molecular formula is C12H10N4. The Kier molecular flexibility index (Phi) is 2.04. The maximum atomic E-state index is 4.30. The first-order chi connectivity index (χ1) is 7.93. The largest absolute Gasteiger partial charge is 0.239 e. The molecule has 0 unspecified atom stereocenters. The summed E-state index contributed by atoms with van der Waals surface area (Å²) >= 11 is 0. The number of nitrogens with zero attached hydrogens (tertiary/aromatic N) is 4. The number of hydrogen-bond donors (Lipinski definition) is 0. The third kappa shape index (κ3) is 1.50. The van der Waals surface area contributed by atoms with Gasteiger partial charge < -0.3 is 0 Å². The van der Waals surface area contributed by atoms with Gasteiger partial charge >= 0.3 is 0 Å². The van der Waals surface area contributed by atoms with Crippen molar-refractivity contribution >= 4 is 0 Å². The predicted octanol–water partition coefficient (Wildman–Crippen LogP) is 2.06. The molecule has 2 heterocycles. The zero-order valence-corrected chi connectivity index (χ0v) is 8.56. The molecule has 0 saturated carbocycles. The quantitative estimate of drug-likeness (QED) is 0.649. The smallest absolute Gasteiger partial charge is 0.103 e. The third-order valence-electron chi connectivity index (χ3n) is 2.36. The van der Waals surface area contributed by atoms with E-state index in [4.69, 9.17) is 0 Å². The molecule has 4 nitrogen and oxygen atoms in total. The lowest BCUT2D eigenvalue weighted by Crippen LogP contribution is -1.94. The van der Waals surface area contributed by atoms with Crippen molar-refractivity contribution in [2.45, 2.75) is 0 Å². The topological polar surface area (TPSA) is 35.6 Å². The summed E-state index contributed by atoms with van der Waals surface area (Å²) < 4.78 is 3.61. The normalized spacial score (nSPS) is 10.5. The maximum absolute atomic E-state index is 4.30. The SMILES string of the molecule is c1ccc(-n2cc(-n3cccn3)cn2)cc1. The Morgan fingerprint density at radius 3 is 2.44 bits per heavy atom. The van der Waals surface area contributed by atoms with Crippen LogP contribution < -0.4 is 0 Å². The van der Waals surface area contributed by atoms with Gasteiger partial charge in [-0.05, 0) is 18.2 Å². The average Bonchev–Trinajstić information content (AvgIpc) is 3.01. The van der Waals surface area contributed by atoms with Gasteiger partial charge in [0.05, 0.1) is 18.1 Å². The summed E-state index contributed by atoms with van der Waals surface area (Å²) in [7, 11) is 0. The molecule has 0 aliphatic rings. The average molecular weight is 210 g/mol. The van der Waals surface area contributed by atoms with E-state index in [9.17, 15) is 0 Å². The Hall–Kier alpha value is -2.36. The molecule has 0 N–H and O–H groups in total. The van der Waals surface area contributed by atoms with E-state index < -0.39 is 0 Å². The Morgan fingerprint density at radius 2 is 1.69 bits per heavy atom. The number of rotatable bonds is 2. The summed E-state index contributed by atoms with van der Waals surface area (Å²) in [6.07, 6.45) is 7.38. The molecule has 0 spiro atoms. The molecule has 3 rings (SSSR count). The van der Waals surface area contributed by atoms with E-state index in [1.54, 1.807) is 17.1 Å². The highest BCUT2D eigenvalue weighted by atomic mass is 15.3. The summed E-state index contributed by atoms with van der Waals surface area (Å²) in [5, 5.41) is 8.46. The lowest BCUT2D eigenvalue weighted by atomic mass is 10.3. The van der Waals surface area contributed by atoms with E-state index in [2.05, 4.69) is 10.2 Å². The molecule has 2 aromatic heterocycles. The fourth-order valence-corrected chi connectivity index (χ4v) is 1.58. The van der Waals surface area contributed by atoms with Crippen molar-refractivity contribution in [3.8, 4) is 11.4 Å². The number of para-hydroxylation sites is 1. The molecule has 0 bridgehead atoms. The molecule has 0 aliphatic carbocycles. The van der Waals surface area contributed by atoms with Crippen molar-refractivity contribution in [2.75, 3.05) is 0 Å². The molecule has 3 aromatic rings. The van der Waals surface area contributed by atoms with Crippen molar-refractivity contribution < 1.29 is 0 Å². The maximum Gasteiger partial charge on any atom is 0.103 e. The molecule has 0 radical (unpaired) electrons. The van der Waals surface area contributed by atoms with Crippen molar-refractivity contribution in [2.24, 2.45) is 0 Å².